The Hall–Kier alpha value is -4.52. The number of hydrogen-bond donors (Lipinski definition) is 0. The zero-order valence-electron chi connectivity index (χ0n) is 22.4. The lowest BCUT2D eigenvalue weighted by molar-refractivity contribution is -0.521. The van der Waals surface area contributed by atoms with E-state index in [0.717, 1.165) is 40.1 Å². The largest absolute Gasteiger partial charge is 0.673 e. The molecule has 0 fully saturated rings. The zero-order chi connectivity index (χ0) is 30.0. The predicted molar refractivity (Wildman–Crippen MR) is 150 cm³/mol. The first-order chi connectivity index (χ1) is 19.5. The van der Waals surface area contributed by atoms with Crippen LogP contribution < -0.4 is 0 Å². The topological polar surface area (TPSA) is 36.0 Å². The lowest BCUT2D eigenvalue weighted by Gasteiger charge is -2.18. The highest BCUT2D eigenvalue weighted by atomic mass is 19.5. The van der Waals surface area contributed by atoms with Crippen molar-refractivity contribution in [3.63, 3.8) is 0 Å². The van der Waals surface area contributed by atoms with Crippen LogP contribution in [0.25, 0.3) is 11.3 Å². The zero-order valence-corrected chi connectivity index (χ0v) is 22.4. The molecule has 4 rings (SSSR count). The SMILES string of the molecule is CC[N+](CCC#N)=C1C=CC(=CC=C2C=C(c3ccc(F)cc3)C=C(c3ccc(F)cc3)O2)C(C)=C1.F[B-](F)(F)F. The molecule has 2 aromatic rings. The number of ether oxygens (including phenoxy) is 1. The Kier molecular flexibility index (Phi) is 10.8. The quantitative estimate of drug-likeness (QED) is 0.199. The fraction of sp³-hybridized carbons (Fsp3) is 0.161. The minimum absolute atomic E-state index is 0.300. The van der Waals surface area contributed by atoms with Gasteiger partial charge in [-0.05, 0) is 96.8 Å². The van der Waals surface area contributed by atoms with Crippen molar-refractivity contribution >= 4 is 24.3 Å². The maximum Gasteiger partial charge on any atom is 0.673 e. The number of nitrogens with zero attached hydrogens (tertiary/aromatic N) is 2. The Bertz CT molecular complexity index is 1500. The van der Waals surface area contributed by atoms with Crippen LogP contribution in [0.1, 0.15) is 31.4 Å². The van der Waals surface area contributed by atoms with Gasteiger partial charge in [-0.3, -0.25) is 0 Å². The molecule has 0 unspecified atom stereocenters. The highest BCUT2D eigenvalue weighted by Crippen LogP contribution is 2.32. The van der Waals surface area contributed by atoms with Gasteiger partial charge in [-0.1, -0.05) is 18.2 Å². The van der Waals surface area contributed by atoms with Crippen LogP contribution in [-0.4, -0.2) is 30.6 Å². The standard InChI is InChI=1S/C31H27F2N2O.BF4/c1-3-35(18-4-17-34)29-15-9-23(22(2)19-29)10-16-30-20-26(24-5-11-27(32)12-6-24)21-31(36-30)25-7-13-28(33)14-8-25;2-1(3,4)5/h5-16,19-21H,3-4,18H2,1-2H3;/q+1;-1. The highest BCUT2D eigenvalue weighted by molar-refractivity contribution is 6.50. The lowest BCUT2D eigenvalue weighted by atomic mass is 9.98. The predicted octanol–water partition coefficient (Wildman–Crippen LogP) is 8.43. The molecule has 0 atom stereocenters. The fourth-order valence-electron chi connectivity index (χ4n) is 4.04. The number of nitriles is 1. The Balaban J connectivity index is 0.000000850. The highest BCUT2D eigenvalue weighted by Gasteiger charge is 2.20. The molecule has 0 bridgehead atoms. The van der Waals surface area contributed by atoms with Gasteiger partial charge in [0.25, 0.3) is 0 Å². The molecule has 1 aliphatic carbocycles. The van der Waals surface area contributed by atoms with E-state index in [0.29, 0.717) is 24.5 Å². The van der Waals surface area contributed by atoms with Crippen molar-refractivity contribution in [2.24, 2.45) is 0 Å². The van der Waals surface area contributed by atoms with Gasteiger partial charge in [0.15, 0.2) is 12.3 Å². The van der Waals surface area contributed by atoms with E-state index in [-0.39, 0.29) is 11.6 Å². The van der Waals surface area contributed by atoms with Crippen LogP contribution in [0.3, 0.4) is 0 Å². The number of benzene rings is 2. The van der Waals surface area contributed by atoms with E-state index in [9.17, 15) is 26.0 Å². The maximum absolute atomic E-state index is 13.5. The molecule has 1 heterocycles. The summed E-state index contributed by atoms with van der Waals surface area (Å²) in [6.07, 6.45) is 14.4. The molecule has 0 spiro atoms. The van der Waals surface area contributed by atoms with Crippen LogP contribution >= 0.6 is 0 Å². The summed E-state index contributed by atoms with van der Waals surface area (Å²) >= 11 is 0. The second kappa shape index (κ2) is 14.2. The van der Waals surface area contributed by atoms with E-state index in [1.807, 2.05) is 24.3 Å². The number of hydrogen-bond acceptors (Lipinski definition) is 2. The van der Waals surface area contributed by atoms with Gasteiger partial charge < -0.3 is 22.0 Å². The lowest BCUT2D eigenvalue weighted by Crippen LogP contribution is -2.21. The molecule has 2 aliphatic rings. The number of halogens is 6. The van der Waals surface area contributed by atoms with Crippen molar-refractivity contribution in [2.75, 3.05) is 13.1 Å². The van der Waals surface area contributed by atoms with Crippen LogP contribution in [0, 0.1) is 23.0 Å². The molecule has 0 aromatic heterocycles. The maximum atomic E-state index is 13.5. The summed E-state index contributed by atoms with van der Waals surface area (Å²) in [6.45, 7) is 5.66. The molecule has 0 radical (unpaired) electrons. The molecule has 0 N–H and O–H groups in total. The molecule has 0 saturated heterocycles. The molecule has 10 heteroatoms. The molecular weight excluding hydrogens is 541 g/mol. The van der Waals surface area contributed by atoms with E-state index in [1.54, 1.807) is 24.3 Å². The molecule has 3 nitrogen and oxygen atoms in total. The van der Waals surface area contributed by atoms with Crippen LogP contribution in [0.4, 0.5) is 26.0 Å². The van der Waals surface area contributed by atoms with E-state index in [1.165, 1.54) is 24.3 Å². The Labute approximate surface area is 235 Å². The van der Waals surface area contributed by atoms with Gasteiger partial charge in [0, 0.05) is 17.7 Å². The van der Waals surface area contributed by atoms with Gasteiger partial charge in [0.05, 0.1) is 12.5 Å². The summed E-state index contributed by atoms with van der Waals surface area (Å²) in [4.78, 5) is 0. The summed E-state index contributed by atoms with van der Waals surface area (Å²) in [5.74, 6) is 0.580. The van der Waals surface area contributed by atoms with Crippen LogP contribution in [0.15, 0.2) is 108 Å². The first-order valence-electron chi connectivity index (χ1n) is 12.7. The summed E-state index contributed by atoms with van der Waals surface area (Å²) in [5.41, 5.74) is 5.69. The van der Waals surface area contributed by atoms with Crippen LogP contribution in [0.2, 0.25) is 0 Å². The fourth-order valence-corrected chi connectivity index (χ4v) is 4.04. The monoisotopic (exact) mass is 568 g/mol. The molecule has 41 heavy (non-hydrogen) atoms. The first-order valence-corrected chi connectivity index (χ1v) is 12.7. The second-order valence-electron chi connectivity index (χ2n) is 8.98. The third-order valence-corrected chi connectivity index (χ3v) is 6.04. The molecule has 212 valence electrons. The van der Waals surface area contributed by atoms with Gasteiger partial charge >= 0.3 is 7.25 Å². The van der Waals surface area contributed by atoms with E-state index in [2.05, 4.69) is 42.7 Å². The van der Waals surface area contributed by atoms with E-state index in [4.69, 9.17) is 10.00 Å². The van der Waals surface area contributed by atoms with Gasteiger partial charge in [-0.2, -0.15) is 5.26 Å². The molecular formula is C31H27BF6N2O. The molecule has 2 aromatic carbocycles. The van der Waals surface area contributed by atoms with Crippen molar-refractivity contribution < 1.29 is 35.4 Å². The van der Waals surface area contributed by atoms with E-state index >= 15 is 0 Å². The average molecular weight is 568 g/mol. The van der Waals surface area contributed by atoms with Crippen molar-refractivity contribution in [2.45, 2.75) is 20.3 Å². The van der Waals surface area contributed by atoms with Crippen LogP contribution in [-0.2, 0) is 4.74 Å². The average Bonchev–Trinajstić information content (AvgIpc) is 2.93. The number of allylic oxidation sites excluding steroid dienone is 10. The first kappa shape index (κ1) is 31.0. The summed E-state index contributed by atoms with van der Waals surface area (Å²) in [7, 11) is -6.00. The summed E-state index contributed by atoms with van der Waals surface area (Å²) in [6, 6.07) is 14.6. The second-order valence-corrected chi connectivity index (χ2v) is 8.98. The third kappa shape index (κ3) is 9.87. The van der Waals surface area contributed by atoms with Crippen molar-refractivity contribution in [3.8, 4) is 6.07 Å². The van der Waals surface area contributed by atoms with Crippen molar-refractivity contribution in [1.29, 1.82) is 5.26 Å². The Morgan fingerprint density at radius 3 is 1.98 bits per heavy atom. The Morgan fingerprint density at radius 1 is 0.854 bits per heavy atom. The number of rotatable bonds is 6. The van der Waals surface area contributed by atoms with Gasteiger partial charge in [-0.25, -0.2) is 13.4 Å². The normalized spacial score (nSPS) is 18.0. The van der Waals surface area contributed by atoms with Crippen LogP contribution in [0.5, 0.6) is 0 Å². The summed E-state index contributed by atoms with van der Waals surface area (Å²) < 4.78 is 74.3. The Morgan fingerprint density at radius 2 is 1.44 bits per heavy atom. The van der Waals surface area contributed by atoms with E-state index < -0.39 is 7.25 Å². The minimum Gasteiger partial charge on any atom is -0.457 e. The summed E-state index contributed by atoms with van der Waals surface area (Å²) in [5, 5.41) is 8.92. The van der Waals surface area contributed by atoms with Crippen molar-refractivity contribution in [3.05, 3.63) is 131 Å². The third-order valence-electron chi connectivity index (χ3n) is 6.04. The molecule has 0 amide bonds. The molecule has 1 aliphatic heterocycles. The van der Waals surface area contributed by atoms with Crippen molar-refractivity contribution in [1.82, 2.24) is 0 Å². The van der Waals surface area contributed by atoms with Gasteiger partial charge in [0.2, 0.25) is 0 Å². The van der Waals surface area contributed by atoms with Gasteiger partial charge in [-0.15, -0.1) is 0 Å². The smallest absolute Gasteiger partial charge is 0.457 e. The molecule has 0 saturated carbocycles. The minimum atomic E-state index is -6.00. The van der Waals surface area contributed by atoms with Gasteiger partial charge in [0.1, 0.15) is 29.7 Å².